The predicted octanol–water partition coefficient (Wildman–Crippen LogP) is 3.95. The number of pyridine rings is 1. The van der Waals surface area contributed by atoms with Gasteiger partial charge in [-0.1, -0.05) is 29.3 Å². The summed E-state index contributed by atoms with van der Waals surface area (Å²) in [6.45, 7) is 0. The van der Waals surface area contributed by atoms with Crippen LogP contribution in [0.4, 0.5) is 4.39 Å². The number of rotatable bonds is 3. The van der Waals surface area contributed by atoms with Gasteiger partial charge in [0.05, 0.1) is 10.0 Å². The lowest BCUT2D eigenvalue weighted by Gasteiger charge is -2.02. The zero-order chi connectivity index (χ0) is 13.1. The summed E-state index contributed by atoms with van der Waals surface area (Å²) in [4.78, 5) is 15.8. The lowest BCUT2D eigenvalue weighted by Crippen LogP contribution is -2.05. The minimum atomic E-state index is -0.502. The first-order chi connectivity index (χ1) is 8.56. The summed E-state index contributed by atoms with van der Waals surface area (Å²) in [7, 11) is 0. The summed E-state index contributed by atoms with van der Waals surface area (Å²) in [5.74, 6) is -0.674. The number of benzene rings is 1. The fourth-order valence-corrected chi connectivity index (χ4v) is 1.78. The predicted molar refractivity (Wildman–Crippen MR) is 68.7 cm³/mol. The topological polar surface area (TPSA) is 30.0 Å². The molecule has 0 atom stereocenters. The van der Waals surface area contributed by atoms with Crippen LogP contribution in [0.25, 0.3) is 0 Å². The lowest BCUT2D eigenvalue weighted by atomic mass is 10.1. The van der Waals surface area contributed by atoms with Crippen LogP contribution in [0.3, 0.4) is 0 Å². The summed E-state index contributed by atoms with van der Waals surface area (Å²) in [6.07, 6.45) is 1.53. The zero-order valence-corrected chi connectivity index (χ0v) is 10.7. The molecule has 0 saturated carbocycles. The summed E-state index contributed by atoms with van der Waals surface area (Å²) >= 11 is 11.3. The van der Waals surface area contributed by atoms with Crippen molar-refractivity contribution in [3.63, 3.8) is 0 Å². The van der Waals surface area contributed by atoms with E-state index in [9.17, 15) is 9.18 Å². The van der Waals surface area contributed by atoms with Crippen molar-refractivity contribution in [2.45, 2.75) is 6.42 Å². The molecule has 0 aliphatic rings. The van der Waals surface area contributed by atoms with Crippen LogP contribution in [-0.4, -0.2) is 10.8 Å². The molecule has 1 aromatic carbocycles. The molecule has 0 saturated heterocycles. The van der Waals surface area contributed by atoms with Crippen LogP contribution in [0.15, 0.2) is 36.5 Å². The molecular weight excluding hydrogens is 276 g/mol. The summed E-state index contributed by atoms with van der Waals surface area (Å²) < 4.78 is 13.0. The van der Waals surface area contributed by atoms with E-state index in [1.54, 1.807) is 12.1 Å². The highest BCUT2D eigenvalue weighted by molar-refractivity contribution is 6.31. The summed E-state index contributed by atoms with van der Waals surface area (Å²) in [5, 5.41) is 0.473. The van der Waals surface area contributed by atoms with Crippen LogP contribution in [0.1, 0.15) is 16.1 Å². The van der Waals surface area contributed by atoms with Gasteiger partial charge in [0.2, 0.25) is 0 Å². The van der Waals surface area contributed by atoms with Gasteiger partial charge in [0.25, 0.3) is 0 Å². The minimum absolute atomic E-state index is 0.00404. The number of carbonyl (C=O) groups excluding carboxylic acids is 1. The van der Waals surface area contributed by atoms with Crippen molar-refractivity contribution >= 4 is 29.0 Å². The molecule has 0 fully saturated rings. The second kappa shape index (κ2) is 5.46. The molecule has 0 amide bonds. The number of hydrogen-bond donors (Lipinski definition) is 0. The standard InChI is InChI=1S/C13H8Cl2FNO/c14-9-2-4-12(17-7-9)13(18)6-8-1-3-11(16)10(15)5-8/h1-5,7H,6H2. The molecule has 0 aliphatic heterocycles. The smallest absolute Gasteiger partial charge is 0.185 e. The number of carbonyl (C=O) groups is 1. The molecule has 1 aromatic heterocycles. The van der Waals surface area contributed by atoms with Gasteiger partial charge in [-0.2, -0.15) is 0 Å². The first kappa shape index (κ1) is 13.0. The Morgan fingerprint density at radius 1 is 1.22 bits per heavy atom. The van der Waals surface area contributed by atoms with Crippen molar-refractivity contribution in [2.75, 3.05) is 0 Å². The van der Waals surface area contributed by atoms with E-state index in [1.165, 1.54) is 24.4 Å². The fourth-order valence-electron chi connectivity index (χ4n) is 1.47. The van der Waals surface area contributed by atoms with E-state index in [2.05, 4.69) is 4.98 Å². The van der Waals surface area contributed by atoms with E-state index < -0.39 is 5.82 Å². The fraction of sp³-hybridized carbons (Fsp3) is 0.0769. The molecule has 0 aliphatic carbocycles. The van der Waals surface area contributed by atoms with Crippen LogP contribution in [0, 0.1) is 5.82 Å². The van der Waals surface area contributed by atoms with Crippen molar-refractivity contribution in [3.8, 4) is 0 Å². The van der Waals surface area contributed by atoms with E-state index in [-0.39, 0.29) is 17.2 Å². The van der Waals surface area contributed by atoms with E-state index in [1.807, 2.05) is 0 Å². The van der Waals surface area contributed by atoms with Gasteiger partial charge >= 0.3 is 0 Å². The third-order valence-electron chi connectivity index (χ3n) is 2.36. The Morgan fingerprint density at radius 3 is 2.61 bits per heavy atom. The maximum atomic E-state index is 13.0. The zero-order valence-electron chi connectivity index (χ0n) is 9.16. The van der Waals surface area contributed by atoms with Gasteiger partial charge in [-0.15, -0.1) is 0 Å². The normalized spacial score (nSPS) is 10.4. The van der Waals surface area contributed by atoms with Gasteiger partial charge < -0.3 is 0 Å². The highest BCUT2D eigenvalue weighted by Gasteiger charge is 2.10. The van der Waals surface area contributed by atoms with Gasteiger partial charge in [-0.05, 0) is 29.8 Å². The minimum Gasteiger partial charge on any atom is -0.292 e. The molecule has 18 heavy (non-hydrogen) atoms. The third-order valence-corrected chi connectivity index (χ3v) is 2.87. The first-order valence-corrected chi connectivity index (χ1v) is 5.90. The molecule has 0 radical (unpaired) electrons. The average molecular weight is 284 g/mol. The second-order valence-corrected chi connectivity index (χ2v) is 4.55. The Kier molecular flexibility index (Phi) is 3.94. The number of Topliss-reactive ketones (excluding diaryl/α,β-unsaturated/α-hetero) is 1. The largest absolute Gasteiger partial charge is 0.292 e. The van der Waals surface area contributed by atoms with Crippen LogP contribution >= 0.6 is 23.2 Å². The molecule has 2 nitrogen and oxygen atoms in total. The molecule has 0 unspecified atom stereocenters. The molecule has 0 spiro atoms. The number of ketones is 1. The highest BCUT2D eigenvalue weighted by atomic mass is 35.5. The number of nitrogens with zero attached hydrogens (tertiary/aromatic N) is 1. The molecule has 2 rings (SSSR count). The number of aromatic nitrogens is 1. The van der Waals surface area contributed by atoms with Crippen LogP contribution in [0.2, 0.25) is 10.0 Å². The van der Waals surface area contributed by atoms with E-state index >= 15 is 0 Å². The van der Waals surface area contributed by atoms with E-state index in [0.29, 0.717) is 16.3 Å². The van der Waals surface area contributed by atoms with E-state index in [4.69, 9.17) is 23.2 Å². The Morgan fingerprint density at radius 2 is 2.00 bits per heavy atom. The molecule has 0 bridgehead atoms. The maximum Gasteiger partial charge on any atom is 0.185 e. The Balaban J connectivity index is 2.16. The van der Waals surface area contributed by atoms with Crippen molar-refractivity contribution in [1.29, 1.82) is 0 Å². The molecule has 92 valence electrons. The Hall–Kier alpha value is -1.45. The average Bonchev–Trinajstić information content (AvgIpc) is 2.34. The Labute approximate surface area is 113 Å². The first-order valence-electron chi connectivity index (χ1n) is 5.15. The molecule has 0 N–H and O–H groups in total. The lowest BCUT2D eigenvalue weighted by molar-refractivity contribution is 0.0988. The van der Waals surface area contributed by atoms with Gasteiger partial charge in [0, 0.05) is 12.6 Å². The van der Waals surface area contributed by atoms with Crippen LogP contribution in [0.5, 0.6) is 0 Å². The monoisotopic (exact) mass is 283 g/mol. The number of halogens is 3. The van der Waals surface area contributed by atoms with E-state index in [0.717, 1.165) is 0 Å². The van der Waals surface area contributed by atoms with Crippen molar-refractivity contribution in [3.05, 3.63) is 63.6 Å². The molecular formula is C13H8Cl2FNO. The summed E-state index contributed by atoms with van der Waals surface area (Å²) in [5.41, 5.74) is 0.961. The van der Waals surface area contributed by atoms with Gasteiger partial charge in [0.15, 0.2) is 5.78 Å². The molecule has 2 aromatic rings. The third kappa shape index (κ3) is 3.06. The quantitative estimate of drug-likeness (QED) is 0.799. The van der Waals surface area contributed by atoms with Gasteiger partial charge in [-0.25, -0.2) is 4.39 Å². The molecule has 5 heteroatoms. The van der Waals surface area contributed by atoms with Crippen molar-refractivity contribution < 1.29 is 9.18 Å². The second-order valence-electron chi connectivity index (χ2n) is 3.71. The van der Waals surface area contributed by atoms with Gasteiger partial charge in [0.1, 0.15) is 11.5 Å². The van der Waals surface area contributed by atoms with Crippen molar-refractivity contribution in [2.24, 2.45) is 0 Å². The SMILES string of the molecule is O=C(Cc1ccc(F)c(Cl)c1)c1ccc(Cl)cn1. The maximum absolute atomic E-state index is 13.0. The number of hydrogen-bond acceptors (Lipinski definition) is 2. The molecule has 1 heterocycles. The highest BCUT2D eigenvalue weighted by Crippen LogP contribution is 2.17. The Bertz CT molecular complexity index is 584. The summed E-state index contributed by atoms with van der Waals surface area (Å²) in [6, 6.07) is 7.34. The van der Waals surface area contributed by atoms with Crippen molar-refractivity contribution in [1.82, 2.24) is 4.98 Å². The van der Waals surface area contributed by atoms with Gasteiger partial charge in [-0.3, -0.25) is 9.78 Å². The van der Waals surface area contributed by atoms with Crippen LogP contribution in [-0.2, 0) is 6.42 Å². The van der Waals surface area contributed by atoms with Crippen LogP contribution < -0.4 is 0 Å².